The van der Waals surface area contributed by atoms with E-state index in [-0.39, 0.29) is 11.7 Å². The molecule has 17 heavy (non-hydrogen) atoms. The van der Waals surface area contributed by atoms with E-state index in [0.717, 1.165) is 18.0 Å². The zero-order chi connectivity index (χ0) is 12.5. The molecule has 0 saturated heterocycles. The standard InChI is InChI=1S/C11H17N3O2S/c1-3-6-12-11-13-7-5-9(14-11)17-8-10(15)16-4-2/h5,7H,3-4,6,8H2,1-2H3,(H,12,13,14). The van der Waals surface area contributed by atoms with Crippen LogP contribution in [-0.2, 0) is 9.53 Å². The molecule has 1 aromatic rings. The van der Waals surface area contributed by atoms with Gasteiger partial charge in [0.1, 0.15) is 5.03 Å². The van der Waals surface area contributed by atoms with Crippen LogP contribution < -0.4 is 5.32 Å². The van der Waals surface area contributed by atoms with Crippen LogP contribution in [0.15, 0.2) is 17.3 Å². The van der Waals surface area contributed by atoms with Gasteiger partial charge in [0.25, 0.3) is 0 Å². The van der Waals surface area contributed by atoms with Gasteiger partial charge in [0, 0.05) is 12.7 Å². The number of hydrogen-bond donors (Lipinski definition) is 1. The predicted octanol–water partition coefficient (Wildman–Crippen LogP) is 1.95. The minimum Gasteiger partial charge on any atom is -0.465 e. The van der Waals surface area contributed by atoms with Crippen molar-refractivity contribution in [1.29, 1.82) is 0 Å². The highest BCUT2D eigenvalue weighted by Crippen LogP contribution is 2.15. The first-order valence-electron chi connectivity index (χ1n) is 5.61. The zero-order valence-electron chi connectivity index (χ0n) is 10.1. The van der Waals surface area contributed by atoms with Gasteiger partial charge in [0.2, 0.25) is 5.95 Å². The Bertz CT molecular complexity index is 360. The molecule has 5 nitrogen and oxygen atoms in total. The van der Waals surface area contributed by atoms with Crippen molar-refractivity contribution in [1.82, 2.24) is 9.97 Å². The molecule has 0 aliphatic carbocycles. The number of hydrogen-bond acceptors (Lipinski definition) is 6. The van der Waals surface area contributed by atoms with E-state index in [1.54, 1.807) is 19.2 Å². The quantitative estimate of drug-likeness (QED) is 0.456. The van der Waals surface area contributed by atoms with Gasteiger partial charge in [-0.15, -0.1) is 0 Å². The Morgan fingerprint density at radius 2 is 2.35 bits per heavy atom. The van der Waals surface area contributed by atoms with Crippen LogP contribution in [0.5, 0.6) is 0 Å². The monoisotopic (exact) mass is 255 g/mol. The maximum absolute atomic E-state index is 11.2. The van der Waals surface area contributed by atoms with Crippen LogP contribution in [-0.4, -0.2) is 34.8 Å². The lowest BCUT2D eigenvalue weighted by atomic mass is 10.5. The molecule has 0 aliphatic heterocycles. The summed E-state index contributed by atoms with van der Waals surface area (Å²) < 4.78 is 4.84. The zero-order valence-corrected chi connectivity index (χ0v) is 10.9. The summed E-state index contributed by atoms with van der Waals surface area (Å²) in [6, 6.07) is 1.78. The summed E-state index contributed by atoms with van der Waals surface area (Å²) in [5, 5.41) is 3.87. The lowest BCUT2D eigenvalue weighted by Crippen LogP contribution is -2.07. The van der Waals surface area contributed by atoms with Crippen LogP contribution in [0.3, 0.4) is 0 Å². The summed E-state index contributed by atoms with van der Waals surface area (Å²) in [4.78, 5) is 19.5. The number of anilines is 1. The van der Waals surface area contributed by atoms with Crippen LogP contribution in [0.2, 0.25) is 0 Å². The summed E-state index contributed by atoms with van der Waals surface area (Å²) in [5.41, 5.74) is 0. The van der Waals surface area contributed by atoms with E-state index < -0.39 is 0 Å². The Morgan fingerprint density at radius 3 is 3.06 bits per heavy atom. The molecule has 6 heteroatoms. The topological polar surface area (TPSA) is 64.1 Å². The van der Waals surface area contributed by atoms with Crippen molar-refractivity contribution in [3.63, 3.8) is 0 Å². The predicted molar refractivity (Wildman–Crippen MR) is 68.2 cm³/mol. The molecule has 0 amide bonds. The van der Waals surface area contributed by atoms with Crippen molar-refractivity contribution >= 4 is 23.7 Å². The van der Waals surface area contributed by atoms with Gasteiger partial charge in [0.15, 0.2) is 0 Å². The van der Waals surface area contributed by atoms with Crippen LogP contribution in [0, 0.1) is 0 Å². The van der Waals surface area contributed by atoms with Crippen molar-refractivity contribution in [3.8, 4) is 0 Å². The largest absolute Gasteiger partial charge is 0.465 e. The first-order valence-corrected chi connectivity index (χ1v) is 6.60. The molecular formula is C11H17N3O2S. The van der Waals surface area contributed by atoms with E-state index in [2.05, 4.69) is 22.2 Å². The molecule has 0 radical (unpaired) electrons. The molecule has 0 atom stereocenters. The Hall–Kier alpha value is -1.30. The highest BCUT2D eigenvalue weighted by atomic mass is 32.2. The average Bonchev–Trinajstić information content (AvgIpc) is 2.35. The van der Waals surface area contributed by atoms with Crippen molar-refractivity contribution in [2.24, 2.45) is 0 Å². The third-order valence-corrected chi connectivity index (χ3v) is 2.71. The van der Waals surface area contributed by atoms with Crippen molar-refractivity contribution < 1.29 is 9.53 Å². The van der Waals surface area contributed by atoms with Gasteiger partial charge in [0.05, 0.1) is 12.4 Å². The minimum atomic E-state index is -0.223. The summed E-state index contributed by atoms with van der Waals surface area (Å²) in [7, 11) is 0. The number of carbonyl (C=O) groups excluding carboxylic acids is 1. The molecule has 1 heterocycles. The summed E-state index contributed by atoms with van der Waals surface area (Å²) in [6.45, 7) is 5.12. The highest BCUT2D eigenvalue weighted by molar-refractivity contribution is 7.99. The van der Waals surface area contributed by atoms with Gasteiger partial charge in [-0.25, -0.2) is 9.97 Å². The summed E-state index contributed by atoms with van der Waals surface area (Å²) in [5.74, 6) is 0.651. The maximum Gasteiger partial charge on any atom is 0.316 e. The maximum atomic E-state index is 11.2. The number of carbonyl (C=O) groups is 1. The SMILES string of the molecule is CCCNc1nccc(SCC(=O)OCC)n1. The molecular weight excluding hydrogens is 238 g/mol. The Kier molecular flexibility index (Phi) is 6.39. The fourth-order valence-electron chi connectivity index (χ4n) is 1.08. The van der Waals surface area contributed by atoms with Crippen molar-refractivity contribution in [2.45, 2.75) is 25.3 Å². The second-order valence-corrected chi connectivity index (χ2v) is 4.23. The van der Waals surface area contributed by atoms with E-state index in [0.29, 0.717) is 12.6 Å². The van der Waals surface area contributed by atoms with E-state index in [9.17, 15) is 4.79 Å². The fraction of sp³-hybridized carbons (Fsp3) is 0.545. The second-order valence-electron chi connectivity index (χ2n) is 3.24. The Labute approximate surface area is 105 Å². The van der Waals surface area contributed by atoms with Gasteiger partial charge < -0.3 is 10.1 Å². The third-order valence-electron chi connectivity index (χ3n) is 1.81. The van der Waals surface area contributed by atoms with E-state index in [1.165, 1.54) is 11.8 Å². The number of thioether (sulfide) groups is 1. The second kappa shape index (κ2) is 7.89. The van der Waals surface area contributed by atoms with E-state index >= 15 is 0 Å². The van der Waals surface area contributed by atoms with Crippen molar-refractivity contribution in [3.05, 3.63) is 12.3 Å². The Morgan fingerprint density at radius 1 is 1.53 bits per heavy atom. The van der Waals surface area contributed by atoms with Crippen LogP contribution in [0.1, 0.15) is 20.3 Å². The van der Waals surface area contributed by atoms with Gasteiger partial charge in [-0.2, -0.15) is 0 Å². The smallest absolute Gasteiger partial charge is 0.316 e. The molecule has 0 aromatic carbocycles. The molecule has 0 bridgehead atoms. The summed E-state index contributed by atoms with van der Waals surface area (Å²) in [6.07, 6.45) is 2.70. The van der Waals surface area contributed by atoms with Crippen molar-refractivity contribution in [2.75, 3.05) is 24.2 Å². The minimum absolute atomic E-state index is 0.223. The van der Waals surface area contributed by atoms with E-state index in [4.69, 9.17) is 4.74 Å². The lowest BCUT2D eigenvalue weighted by molar-refractivity contribution is -0.139. The molecule has 1 N–H and O–H groups in total. The van der Waals surface area contributed by atoms with Gasteiger partial charge in [-0.3, -0.25) is 4.79 Å². The number of nitrogens with one attached hydrogen (secondary N) is 1. The molecule has 0 saturated carbocycles. The highest BCUT2D eigenvalue weighted by Gasteiger charge is 2.05. The third kappa shape index (κ3) is 5.53. The number of rotatable bonds is 7. The molecule has 0 unspecified atom stereocenters. The van der Waals surface area contributed by atoms with Gasteiger partial charge in [-0.1, -0.05) is 18.7 Å². The number of nitrogens with zero attached hydrogens (tertiary/aromatic N) is 2. The first kappa shape index (κ1) is 13.8. The van der Waals surface area contributed by atoms with E-state index in [1.807, 2.05) is 0 Å². The number of aromatic nitrogens is 2. The van der Waals surface area contributed by atoms with Crippen LogP contribution >= 0.6 is 11.8 Å². The van der Waals surface area contributed by atoms with Gasteiger partial charge in [-0.05, 0) is 19.4 Å². The molecule has 0 spiro atoms. The lowest BCUT2D eigenvalue weighted by Gasteiger charge is -2.04. The molecule has 1 aromatic heterocycles. The molecule has 0 fully saturated rings. The first-order chi connectivity index (χ1) is 8.26. The fourth-order valence-corrected chi connectivity index (χ4v) is 1.74. The normalized spacial score (nSPS) is 10.0. The number of esters is 1. The Balaban J connectivity index is 2.45. The molecule has 94 valence electrons. The van der Waals surface area contributed by atoms with Crippen LogP contribution in [0.25, 0.3) is 0 Å². The summed E-state index contributed by atoms with van der Waals surface area (Å²) >= 11 is 1.35. The molecule has 0 aliphatic rings. The average molecular weight is 255 g/mol. The van der Waals surface area contributed by atoms with Crippen LogP contribution in [0.4, 0.5) is 5.95 Å². The number of ether oxygens (including phenoxy) is 1. The van der Waals surface area contributed by atoms with Gasteiger partial charge >= 0.3 is 5.97 Å². The molecule has 1 rings (SSSR count).